The first-order valence-electron chi connectivity index (χ1n) is 11.1. The van der Waals surface area contributed by atoms with Crippen LogP contribution in [0.3, 0.4) is 0 Å². The number of aromatic nitrogens is 1. The van der Waals surface area contributed by atoms with Crippen molar-refractivity contribution in [2.24, 2.45) is 0 Å². The minimum absolute atomic E-state index is 0.182. The predicted molar refractivity (Wildman–Crippen MR) is 143 cm³/mol. The molecule has 3 heterocycles. The molecule has 1 aromatic heterocycles. The first-order chi connectivity index (χ1) is 17.9. The number of halogens is 3. The maximum atomic E-state index is 13.3. The number of carbonyl (C=O) groups excluding carboxylic acids is 1. The van der Waals surface area contributed by atoms with Crippen molar-refractivity contribution in [3.8, 4) is 5.75 Å². The zero-order chi connectivity index (χ0) is 27.9. The first kappa shape index (κ1) is 28.6. The SMILES string of the molecule is CCN1C(=O)/C(=c2/s/c(=C(C)/C=C3\Oc4ccc(C(F)(F)F)cc4N3CC)c(=O)n2CO[PH](=O)O)SC1=S. The second-order valence-electron chi connectivity index (χ2n) is 7.95. The smallest absolute Gasteiger partial charge is 0.416 e. The van der Waals surface area contributed by atoms with Gasteiger partial charge in [-0.2, -0.15) is 13.2 Å². The largest absolute Gasteiger partial charge is 0.439 e. The van der Waals surface area contributed by atoms with Crippen molar-refractivity contribution in [3.05, 3.63) is 55.3 Å². The fourth-order valence-corrected chi connectivity index (χ4v) is 6.71. The summed E-state index contributed by atoms with van der Waals surface area (Å²) in [4.78, 5) is 38.5. The summed E-state index contributed by atoms with van der Waals surface area (Å²) < 4.78 is 63.3. The van der Waals surface area contributed by atoms with Crippen molar-refractivity contribution < 1.29 is 36.7 Å². The van der Waals surface area contributed by atoms with Crippen LogP contribution < -0.4 is 24.4 Å². The molecule has 1 aromatic carbocycles. The highest BCUT2D eigenvalue weighted by atomic mass is 32.2. The molecule has 2 aliphatic heterocycles. The molecular formula is C22H21F3N3O6PS3. The lowest BCUT2D eigenvalue weighted by Gasteiger charge is -2.16. The van der Waals surface area contributed by atoms with E-state index in [0.29, 0.717) is 23.0 Å². The van der Waals surface area contributed by atoms with Crippen molar-refractivity contribution in [3.63, 3.8) is 0 Å². The summed E-state index contributed by atoms with van der Waals surface area (Å²) >= 11 is 7.25. The molecule has 0 radical (unpaired) electrons. The molecule has 1 fully saturated rings. The van der Waals surface area contributed by atoms with Crippen LogP contribution in [0.2, 0.25) is 0 Å². The maximum Gasteiger partial charge on any atom is 0.416 e. The molecule has 0 aliphatic carbocycles. The number of hydrogen-bond acceptors (Lipinski definition) is 9. The van der Waals surface area contributed by atoms with Crippen LogP contribution in [0.25, 0.3) is 10.5 Å². The third-order valence-electron chi connectivity index (χ3n) is 5.63. The first-order valence-corrected chi connectivity index (χ1v) is 14.4. The van der Waals surface area contributed by atoms with Gasteiger partial charge in [0.05, 0.1) is 15.8 Å². The monoisotopic (exact) mass is 607 g/mol. The number of alkyl halides is 3. The van der Waals surface area contributed by atoms with Crippen molar-refractivity contribution in [1.29, 1.82) is 0 Å². The van der Waals surface area contributed by atoms with Gasteiger partial charge in [0.15, 0.2) is 5.75 Å². The second kappa shape index (κ2) is 11.0. The van der Waals surface area contributed by atoms with Crippen LogP contribution in [-0.2, 0) is 26.8 Å². The lowest BCUT2D eigenvalue weighted by atomic mass is 10.1. The number of hydrogen-bond donors (Lipinski definition) is 1. The number of benzene rings is 1. The average molecular weight is 608 g/mol. The normalized spacial score (nSPS) is 19.8. The van der Waals surface area contributed by atoms with Crippen molar-refractivity contribution in [2.75, 3.05) is 18.0 Å². The van der Waals surface area contributed by atoms with E-state index in [1.165, 1.54) is 17.0 Å². The van der Waals surface area contributed by atoms with E-state index in [1.54, 1.807) is 25.7 Å². The Bertz CT molecular complexity index is 1570. The zero-order valence-electron chi connectivity index (χ0n) is 20.1. The third-order valence-corrected chi connectivity index (χ3v) is 8.89. The molecule has 204 valence electrons. The van der Waals surface area contributed by atoms with E-state index in [9.17, 15) is 27.3 Å². The van der Waals surface area contributed by atoms with Gasteiger partial charge in [0, 0.05) is 19.2 Å². The Morgan fingerprint density at radius 1 is 1.24 bits per heavy atom. The molecule has 0 spiro atoms. The lowest BCUT2D eigenvalue weighted by Crippen LogP contribution is -2.34. The van der Waals surface area contributed by atoms with Crippen LogP contribution in [0, 0.1) is 0 Å². The van der Waals surface area contributed by atoms with Crippen LogP contribution in [0.1, 0.15) is 26.3 Å². The van der Waals surface area contributed by atoms with Crippen molar-refractivity contribution in [2.45, 2.75) is 33.7 Å². The second-order valence-corrected chi connectivity index (χ2v) is 11.4. The van der Waals surface area contributed by atoms with Gasteiger partial charge in [-0.15, -0.1) is 11.3 Å². The molecule has 1 saturated heterocycles. The van der Waals surface area contributed by atoms with Crippen molar-refractivity contribution in [1.82, 2.24) is 9.47 Å². The molecule has 0 bridgehead atoms. The number of amides is 1. The van der Waals surface area contributed by atoms with Gasteiger partial charge in [-0.05, 0) is 44.5 Å². The number of thiazole rings is 1. The highest BCUT2D eigenvalue weighted by Crippen LogP contribution is 2.43. The third kappa shape index (κ3) is 5.36. The van der Waals surface area contributed by atoms with Gasteiger partial charge in [0.2, 0.25) is 5.88 Å². The molecule has 2 aromatic rings. The Morgan fingerprint density at radius 3 is 2.50 bits per heavy atom. The Morgan fingerprint density at radius 2 is 1.92 bits per heavy atom. The van der Waals surface area contributed by atoms with E-state index in [0.717, 1.165) is 39.8 Å². The van der Waals surface area contributed by atoms with Gasteiger partial charge in [-0.3, -0.25) is 28.1 Å². The van der Waals surface area contributed by atoms with Gasteiger partial charge < -0.3 is 14.5 Å². The van der Waals surface area contributed by atoms with Gasteiger partial charge in [0.25, 0.3) is 11.5 Å². The highest BCUT2D eigenvalue weighted by molar-refractivity contribution is 8.30. The summed E-state index contributed by atoms with van der Waals surface area (Å²) in [5.41, 5.74) is -0.755. The van der Waals surface area contributed by atoms with Crippen LogP contribution in [0.4, 0.5) is 18.9 Å². The van der Waals surface area contributed by atoms with Crippen LogP contribution >= 0.6 is 43.6 Å². The minimum Gasteiger partial charge on any atom is -0.439 e. The molecule has 1 atom stereocenters. The number of thiocarbonyl (C=S) groups is 1. The summed E-state index contributed by atoms with van der Waals surface area (Å²) in [6.07, 6.45) is -3.00. The predicted octanol–water partition coefficient (Wildman–Crippen LogP) is 3.20. The summed E-state index contributed by atoms with van der Waals surface area (Å²) in [6, 6.07) is 3.17. The molecular weight excluding hydrogens is 586 g/mol. The number of nitrogens with zero attached hydrogens (tertiary/aromatic N) is 3. The molecule has 16 heteroatoms. The van der Waals surface area contributed by atoms with Gasteiger partial charge in [-0.1, -0.05) is 24.0 Å². The highest BCUT2D eigenvalue weighted by Gasteiger charge is 2.35. The van der Waals surface area contributed by atoms with Gasteiger partial charge >= 0.3 is 14.4 Å². The molecule has 2 aliphatic rings. The van der Waals surface area contributed by atoms with Gasteiger partial charge in [0.1, 0.15) is 20.6 Å². The van der Waals surface area contributed by atoms with E-state index < -0.39 is 38.2 Å². The van der Waals surface area contributed by atoms with Crippen LogP contribution in [0.5, 0.6) is 5.75 Å². The van der Waals surface area contributed by atoms with Crippen molar-refractivity contribution >= 4 is 70.0 Å². The topological polar surface area (TPSA) is 101 Å². The average Bonchev–Trinajstić information content (AvgIpc) is 3.46. The molecule has 38 heavy (non-hydrogen) atoms. The minimum atomic E-state index is -4.52. The quantitative estimate of drug-likeness (QED) is 0.392. The fraction of sp³-hybridized carbons (Fsp3) is 0.318. The number of ether oxygens (including phenoxy) is 1. The number of thioether (sulfide) groups is 1. The van der Waals surface area contributed by atoms with E-state index in [1.807, 2.05) is 0 Å². The molecule has 1 unspecified atom stereocenters. The van der Waals surface area contributed by atoms with Gasteiger partial charge in [-0.25, -0.2) is 0 Å². The summed E-state index contributed by atoms with van der Waals surface area (Å²) in [5, 5.41) is 0. The van der Waals surface area contributed by atoms with Crippen LogP contribution in [-0.4, -0.2) is 37.7 Å². The summed E-state index contributed by atoms with van der Waals surface area (Å²) in [6.45, 7) is 5.16. The molecule has 9 nitrogen and oxygen atoms in total. The molecule has 1 N–H and O–H groups in total. The summed E-state index contributed by atoms with van der Waals surface area (Å²) in [5.74, 6) is 0.0550. The Balaban J connectivity index is 1.86. The molecule has 4 rings (SSSR count). The Kier molecular flexibility index (Phi) is 8.26. The van der Waals surface area contributed by atoms with E-state index >= 15 is 0 Å². The standard InChI is InChI=1S/C22H21F3N3O6PS3/c1-4-26-13-9-12(22(23,24)25)6-7-14(13)34-15(26)8-11(3)16-18(29)28(10-33-35(31)32)20(37-16)17-19(30)27(5-2)21(36)38-17/h6-9,35H,4-5,10H2,1-3H3,(H,31,32)/b15-8-,16-11+,20-17-. The molecule has 0 saturated carbocycles. The molecule has 1 amide bonds. The Hall–Kier alpha value is -2.42. The fourth-order valence-electron chi connectivity index (χ4n) is 3.83. The number of rotatable bonds is 6. The van der Waals surface area contributed by atoms with Crippen LogP contribution in [0.15, 0.2) is 35.0 Å². The Labute approximate surface area is 228 Å². The number of fused-ring (bicyclic) bond motifs is 1. The lowest BCUT2D eigenvalue weighted by molar-refractivity contribution is -0.137. The van der Waals surface area contributed by atoms with E-state index in [2.05, 4.69) is 0 Å². The summed E-state index contributed by atoms with van der Waals surface area (Å²) in [7, 11) is -3.38. The van der Waals surface area contributed by atoms with E-state index in [4.69, 9.17) is 26.4 Å². The zero-order valence-corrected chi connectivity index (χ0v) is 23.6. The number of anilines is 1. The van der Waals surface area contributed by atoms with E-state index in [-0.39, 0.29) is 31.4 Å². The number of allylic oxidation sites excluding steroid dienone is 1. The maximum absolute atomic E-state index is 13.3. The number of carbonyl (C=O) groups is 1.